The molecule has 0 spiro atoms. The molecular weight excluding hydrogens is 167 g/mol. The number of hydrogen-bond acceptors (Lipinski definition) is 2. The molecule has 0 radical (unpaired) electrons. The zero-order valence-electron chi connectivity index (χ0n) is 7.55. The van der Waals surface area contributed by atoms with Gasteiger partial charge in [0.25, 0.3) is 0 Å². The highest BCUT2D eigenvalue weighted by molar-refractivity contribution is 5.31. The number of nitrogens with one attached hydrogen (secondary N) is 1. The fourth-order valence-corrected chi connectivity index (χ4v) is 1.23. The number of nitrogens with two attached hydrogens (primary N) is 1. The monoisotopic (exact) mass is 180 g/mol. The summed E-state index contributed by atoms with van der Waals surface area (Å²) in [7, 11) is 0. The molecule has 0 heterocycles. The van der Waals surface area contributed by atoms with Gasteiger partial charge in [-0.25, -0.2) is 9.82 Å². The number of hydrogen-bond donors (Lipinski definition) is 2. The highest BCUT2D eigenvalue weighted by atomic mass is 19.1. The zero-order chi connectivity index (χ0) is 9.84. The van der Waals surface area contributed by atoms with Crippen LogP contribution in [0.1, 0.15) is 17.2 Å². The van der Waals surface area contributed by atoms with Crippen molar-refractivity contribution in [3.63, 3.8) is 0 Å². The molecule has 1 atom stereocenters. The molecule has 3 N–H and O–H groups in total. The van der Waals surface area contributed by atoms with E-state index in [1.165, 1.54) is 12.1 Å². The van der Waals surface area contributed by atoms with Crippen molar-refractivity contribution in [2.45, 2.75) is 13.0 Å². The summed E-state index contributed by atoms with van der Waals surface area (Å²) in [5, 5.41) is 0. The first kappa shape index (κ1) is 9.89. The number of aryl methyl sites for hydroxylation is 1. The number of rotatable bonds is 3. The predicted octanol–water partition coefficient (Wildman–Crippen LogP) is 1.82. The molecule has 0 aliphatic rings. The summed E-state index contributed by atoms with van der Waals surface area (Å²) in [6.45, 7) is 5.52. The van der Waals surface area contributed by atoms with E-state index in [9.17, 15) is 4.39 Å². The second-order valence-corrected chi connectivity index (χ2v) is 2.88. The summed E-state index contributed by atoms with van der Waals surface area (Å²) in [5.41, 5.74) is 4.36. The minimum Gasteiger partial charge on any atom is -0.271 e. The highest BCUT2D eigenvalue weighted by Crippen LogP contribution is 2.18. The van der Waals surface area contributed by atoms with Gasteiger partial charge in [0.15, 0.2) is 0 Å². The Morgan fingerprint density at radius 3 is 2.85 bits per heavy atom. The van der Waals surface area contributed by atoms with Crippen LogP contribution in [0.5, 0.6) is 0 Å². The van der Waals surface area contributed by atoms with Crippen molar-refractivity contribution < 1.29 is 4.39 Å². The van der Waals surface area contributed by atoms with Gasteiger partial charge in [-0.3, -0.25) is 5.84 Å². The van der Waals surface area contributed by atoms with E-state index in [1.54, 1.807) is 12.1 Å². The van der Waals surface area contributed by atoms with E-state index < -0.39 is 0 Å². The second-order valence-electron chi connectivity index (χ2n) is 2.88. The van der Waals surface area contributed by atoms with Gasteiger partial charge >= 0.3 is 0 Å². The maximum Gasteiger partial charge on any atom is 0.123 e. The van der Waals surface area contributed by atoms with Crippen LogP contribution in [0.2, 0.25) is 0 Å². The Labute approximate surface area is 77.2 Å². The first-order valence-corrected chi connectivity index (χ1v) is 4.03. The van der Waals surface area contributed by atoms with Gasteiger partial charge in [0, 0.05) is 0 Å². The third kappa shape index (κ3) is 2.14. The van der Waals surface area contributed by atoms with Crippen molar-refractivity contribution in [3.8, 4) is 0 Å². The lowest BCUT2D eigenvalue weighted by atomic mass is 10.0. The third-order valence-electron chi connectivity index (χ3n) is 1.99. The standard InChI is InChI=1S/C10H13FN2/c1-3-10(13-12)9-6-8(11)5-4-7(9)2/h3-6,10,13H,1,12H2,2H3. The van der Waals surface area contributed by atoms with Crippen molar-refractivity contribution in [2.75, 3.05) is 0 Å². The van der Waals surface area contributed by atoms with Crippen LogP contribution >= 0.6 is 0 Å². The quantitative estimate of drug-likeness (QED) is 0.423. The Morgan fingerprint density at radius 2 is 2.31 bits per heavy atom. The van der Waals surface area contributed by atoms with Gasteiger partial charge in [-0.1, -0.05) is 12.1 Å². The van der Waals surface area contributed by atoms with Crippen molar-refractivity contribution in [1.29, 1.82) is 0 Å². The van der Waals surface area contributed by atoms with Gasteiger partial charge in [-0.05, 0) is 30.2 Å². The van der Waals surface area contributed by atoms with E-state index in [1.807, 2.05) is 6.92 Å². The third-order valence-corrected chi connectivity index (χ3v) is 1.99. The summed E-state index contributed by atoms with van der Waals surface area (Å²) in [6, 6.07) is 4.41. The number of halogens is 1. The highest BCUT2D eigenvalue weighted by Gasteiger charge is 2.08. The molecule has 0 saturated heterocycles. The van der Waals surface area contributed by atoms with Gasteiger partial charge in [0.1, 0.15) is 5.82 Å². The first-order valence-electron chi connectivity index (χ1n) is 4.03. The minimum atomic E-state index is -0.261. The predicted molar refractivity (Wildman–Crippen MR) is 51.4 cm³/mol. The Bertz CT molecular complexity index is 310. The van der Waals surface area contributed by atoms with Crippen molar-refractivity contribution in [1.82, 2.24) is 5.43 Å². The van der Waals surface area contributed by atoms with Crippen LogP contribution in [-0.2, 0) is 0 Å². The second kappa shape index (κ2) is 4.16. The maximum absolute atomic E-state index is 12.9. The lowest BCUT2D eigenvalue weighted by Gasteiger charge is -2.13. The zero-order valence-corrected chi connectivity index (χ0v) is 7.55. The fraction of sp³-hybridized carbons (Fsp3) is 0.200. The topological polar surface area (TPSA) is 38.0 Å². The molecule has 0 amide bonds. The van der Waals surface area contributed by atoms with Crippen molar-refractivity contribution in [2.24, 2.45) is 5.84 Å². The molecule has 0 aromatic heterocycles. The lowest BCUT2D eigenvalue weighted by Crippen LogP contribution is -2.27. The molecule has 0 aliphatic heterocycles. The molecule has 3 heteroatoms. The van der Waals surface area contributed by atoms with Gasteiger partial charge in [0.05, 0.1) is 6.04 Å². The molecule has 0 bridgehead atoms. The number of hydrazine groups is 1. The van der Waals surface area contributed by atoms with Crippen LogP contribution in [-0.4, -0.2) is 0 Å². The van der Waals surface area contributed by atoms with E-state index in [0.29, 0.717) is 0 Å². The fourth-order valence-electron chi connectivity index (χ4n) is 1.23. The van der Waals surface area contributed by atoms with Crippen molar-refractivity contribution in [3.05, 3.63) is 47.8 Å². The molecule has 0 fully saturated rings. The first-order chi connectivity index (χ1) is 6.19. The van der Waals surface area contributed by atoms with Gasteiger partial charge in [-0.15, -0.1) is 6.58 Å². The number of benzene rings is 1. The summed E-state index contributed by atoms with van der Waals surface area (Å²) in [6.07, 6.45) is 1.64. The van der Waals surface area contributed by atoms with Crippen LogP contribution in [0, 0.1) is 12.7 Å². The largest absolute Gasteiger partial charge is 0.271 e. The Kier molecular flexibility index (Phi) is 3.17. The Hall–Kier alpha value is -1.19. The molecule has 1 aromatic carbocycles. The van der Waals surface area contributed by atoms with E-state index in [-0.39, 0.29) is 11.9 Å². The van der Waals surface area contributed by atoms with Crippen molar-refractivity contribution >= 4 is 0 Å². The lowest BCUT2D eigenvalue weighted by molar-refractivity contribution is 0.609. The summed E-state index contributed by atoms with van der Waals surface area (Å²) < 4.78 is 12.9. The van der Waals surface area contributed by atoms with Crippen LogP contribution in [0.4, 0.5) is 4.39 Å². The van der Waals surface area contributed by atoms with E-state index in [0.717, 1.165) is 11.1 Å². The molecular formula is C10H13FN2. The molecule has 1 aromatic rings. The minimum absolute atomic E-state index is 0.198. The maximum atomic E-state index is 12.9. The Morgan fingerprint density at radius 1 is 1.62 bits per heavy atom. The van der Waals surface area contributed by atoms with Crippen LogP contribution < -0.4 is 11.3 Å². The van der Waals surface area contributed by atoms with Gasteiger partial charge in [0.2, 0.25) is 0 Å². The molecule has 13 heavy (non-hydrogen) atoms. The SMILES string of the molecule is C=CC(NN)c1cc(F)ccc1C. The van der Waals surface area contributed by atoms with Crippen LogP contribution in [0.15, 0.2) is 30.9 Å². The normalized spacial score (nSPS) is 12.5. The molecule has 0 saturated carbocycles. The molecule has 1 unspecified atom stereocenters. The molecule has 2 nitrogen and oxygen atoms in total. The van der Waals surface area contributed by atoms with E-state index >= 15 is 0 Å². The Balaban J connectivity index is 3.10. The van der Waals surface area contributed by atoms with E-state index in [4.69, 9.17) is 5.84 Å². The van der Waals surface area contributed by atoms with Crippen LogP contribution in [0.3, 0.4) is 0 Å². The van der Waals surface area contributed by atoms with Gasteiger partial charge < -0.3 is 0 Å². The molecule has 70 valence electrons. The average Bonchev–Trinajstić information content (AvgIpc) is 2.13. The molecule has 0 aliphatic carbocycles. The smallest absolute Gasteiger partial charge is 0.123 e. The van der Waals surface area contributed by atoms with Crippen LogP contribution in [0.25, 0.3) is 0 Å². The van der Waals surface area contributed by atoms with Gasteiger partial charge in [-0.2, -0.15) is 0 Å². The average molecular weight is 180 g/mol. The summed E-state index contributed by atoms with van der Waals surface area (Å²) in [4.78, 5) is 0. The van der Waals surface area contributed by atoms with E-state index in [2.05, 4.69) is 12.0 Å². The molecule has 1 rings (SSSR count). The summed E-state index contributed by atoms with van der Waals surface area (Å²) in [5.74, 6) is 5.03. The summed E-state index contributed by atoms with van der Waals surface area (Å²) >= 11 is 0.